The van der Waals surface area contributed by atoms with Crippen LogP contribution in [-0.2, 0) is 6.54 Å². The van der Waals surface area contributed by atoms with Gasteiger partial charge in [-0.2, -0.15) is 0 Å². The van der Waals surface area contributed by atoms with Crippen molar-refractivity contribution in [1.29, 1.82) is 0 Å². The van der Waals surface area contributed by atoms with Crippen LogP contribution in [0.15, 0.2) is 42.9 Å². The van der Waals surface area contributed by atoms with E-state index in [1.54, 1.807) is 12.5 Å². The first kappa shape index (κ1) is 15.4. The van der Waals surface area contributed by atoms with Gasteiger partial charge in [-0.05, 0) is 36.6 Å². The Morgan fingerprint density at radius 2 is 1.86 bits per heavy atom. The normalized spacial score (nSPS) is 12.4. The van der Waals surface area contributed by atoms with E-state index >= 15 is 0 Å². The van der Waals surface area contributed by atoms with E-state index in [0.717, 1.165) is 24.6 Å². The molecule has 2 rings (SSSR count). The smallest absolute Gasteiger partial charge is 0.119 e. The van der Waals surface area contributed by atoms with E-state index in [1.807, 2.05) is 18.2 Å². The molecule has 0 radical (unpaired) electrons. The van der Waals surface area contributed by atoms with E-state index in [2.05, 4.69) is 48.2 Å². The Morgan fingerprint density at radius 3 is 2.48 bits per heavy atom. The summed E-state index contributed by atoms with van der Waals surface area (Å²) in [5.41, 5.74) is 2.23. The minimum absolute atomic E-state index is 0.263. The zero-order chi connectivity index (χ0) is 15.1. The third-order valence-corrected chi connectivity index (χ3v) is 3.20. The van der Waals surface area contributed by atoms with Gasteiger partial charge in [-0.1, -0.05) is 26.0 Å². The standard InChI is InChI=1S/C17H23N3O/c1-13(2)11-21-17-6-4-15(5-7-17)14(3)19-10-16-8-9-18-12-20-16/h4-9,12-14,19H,10-11H2,1-3H3. The van der Waals surface area contributed by atoms with Crippen molar-refractivity contribution in [1.82, 2.24) is 15.3 Å². The first-order valence-electron chi connectivity index (χ1n) is 7.36. The summed E-state index contributed by atoms with van der Waals surface area (Å²) in [4.78, 5) is 8.12. The lowest BCUT2D eigenvalue weighted by Gasteiger charge is -2.15. The summed E-state index contributed by atoms with van der Waals surface area (Å²) in [6.07, 6.45) is 3.33. The zero-order valence-electron chi connectivity index (χ0n) is 12.9. The number of benzene rings is 1. The molecule has 1 atom stereocenters. The second kappa shape index (κ2) is 7.74. The van der Waals surface area contributed by atoms with Crippen molar-refractivity contribution in [2.24, 2.45) is 5.92 Å². The third-order valence-electron chi connectivity index (χ3n) is 3.20. The van der Waals surface area contributed by atoms with Gasteiger partial charge in [0.25, 0.3) is 0 Å². The van der Waals surface area contributed by atoms with Crippen LogP contribution in [-0.4, -0.2) is 16.6 Å². The molecule has 4 nitrogen and oxygen atoms in total. The zero-order valence-corrected chi connectivity index (χ0v) is 12.9. The van der Waals surface area contributed by atoms with Gasteiger partial charge in [0.2, 0.25) is 0 Å². The van der Waals surface area contributed by atoms with Crippen molar-refractivity contribution in [3.63, 3.8) is 0 Å². The topological polar surface area (TPSA) is 47.0 Å². The molecule has 0 aliphatic heterocycles. The monoisotopic (exact) mass is 285 g/mol. The van der Waals surface area contributed by atoms with Gasteiger partial charge in [-0.25, -0.2) is 9.97 Å². The molecule has 21 heavy (non-hydrogen) atoms. The molecule has 2 aromatic rings. The van der Waals surface area contributed by atoms with Crippen molar-refractivity contribution in [2.45, 2.75) is 33.4 Å². The molecule has 0 saturated carbocycles. The largest absolute Gasteiger partial charge is 0.493 e. The highest BCUT2D eigenvalue weighted by molar-refractivity contribution is 5.29. The molecule has 1 heterocycles. The fourth-order valence-corrected chi connectivity index (χ4v) is 1.91. The summed E-state index contributed by atoms with van der Waals surface area (Å²) in [5.74, 6) is 1.47. The second-order valence-electron chi connectivity index (χ2n) is 5.58. The van der Waals surface area contributed by atoms with Gasteiger partial charge < -0.3 is 10.1 Å². The molecule has 0 fully saturated rings. The van der Waals surface area contributed by atoms with Gasteiger partial charge in [0, 0.05) is 18.8 Å². The Kier molecular flexibility index (Phi) is 5.69. The number of nitrogens with zero attached hydrogens (tertiary/aromatic N) is 2. The molecule has 1 N–H and O–H groups in total. The molecule has 0 bridgehead atoms. The lowest BCUT2D eigenvalue weighted by molar-refractivity contribution is 0.271. The second-order valence-corrected chi connectivity index (χ2v) is 5.58. The van der Waals surface area contributed by atoms with Crippen molar-refractivity contribution in [3.8, 4) is 5.75 Å². The van der Waals surface area contributed by atoms with Gasteiger partial charge >= 0.3 is 0 Å². The predicted octanol–water partition coefficient (Wildman–Crippen LogP) is 3.36. The highest BCUT2D eigenvalue weighted by Gasteiger charge is 2.06. The minimum Gasteiger partial charge on any atom is -0.493 e. The Hall–Kier alpha value is -1.94. The van der Waals surface area contributed by atoms with Crippen LogP contribution >= 0.6 is 0 Å². The van der Waals surface area contributed by atoms with E-state index in [4.69, 9.17) is 4.74 Å². The number of nitrogens with one attached hydrogen (secondary N) is 1. The van der Waals surface area contributed by atoms with Crippen LogP contribution in [0.5, 0.6) is 5.75 Å². The van der Waals surface area contributed by atoms with Gasteiger partial charge in [-0.15, -0.1) is 0 Å². The lowest BCUT2D eigenvalue weighted by atomic mass is 10.1. The first-order chi connectivity index (χ1) is 10.1. The van der Waals surface area contributed by atoms with Crippen molar-refractivity contribution >= 4 is 0 Å². The molecule has 0 amide bonds. The van der Waals surface area contributed by atoms with Gasteiger partial charge in [-0.3, -0.25) is 0 Å². The van der Waals surface area contributed by atoms with Gasteiger partial charge in [0.1, 0.15) is 12.1 Å². The van der Waals surface area contributed by atoms with Crippen molar-refractivity contribution in [3.05, 3.63) is 54.1 Å². The minimum atomic E-state index is 0.263. The lowest BCUT2D eigenvalue weighted by Crippen LogP contribution is -2.18. The van der Waals surface area contributed by atoms with E-state index in [-0.39, 0.29) is 6.04 Å². The van der Waals surface area contributed by atoms with Crippen LogP contribution in [0.1, 0.15) is 38.1 Å². The number of hydrogen-bond donors (Lipinski definition) is 1. The number of rotatable bonds is 7. The summed E-state index contributed by atoms with van der Waals surface area (Å²) in [7, 11) is 0. The summed E-state index contributed by atoms with van der Waals surface area (Å²) in [6.45, 7) is 7.92. The maximum Gasteiger partial charge on any atom is 0.119 e. The Balaban J connectivity index is 1.86. The van der Waals surface area contributed by atoms with Gasteiger partial charge in [0.15, 0.2) is 0 Å². The molecule has 112 valence electrons. The molecule has 1 aromatic heterocycles. The van der Waals surface area contributed by atoms with Crippen LogP contribution in [0.4, 0.5) is 0 Å². The molecular weight excluding hydrogens is 262 g/mol. The van der Waals surface area contributed by atoms with Gasteiger partial charge in [0.05, 0.1) is 12.3 Å². The van der Waals surface area contributed by atoms with Crippen LogP contribution in [0.25, 0.3) is 0 Å². The first-order valence-corrected chi connectivity index (χ1v) is 7.36. The molecular formula is C17H23N3O. The molecule has 0 aliphatic carbocycles. The summed E-state index contributed by atoms with van der Waals surface area (Å²) in [5, 5.41) is 3.45. The molecule has 0 aliphatic rings. The quantitative estimate of drug-likeness (QED) is 0.847. The average Bonchev–Trinajstić information content (AvgIpc) is 2.52. The highest BCUT2D eigenvalue weighted by Crippen LogP contribution is 2.18. The number of aromatic nitrogens is 2. The van der Waals surface area contributed by atoms with Crippen molar-refractivity contribution < 1.29 is 4.74 Å². The average molecular weight is 285 g/mol. The van der Waals surface area contributed by atoms with Crippen LogP contribution in [0.2, 0.25) is 0 Å². The van der Waals surface area contributed by atoms with Crippen molar-refractivity contribution in [2.75, 3.05) is 6.61 Å². The van der Waals surface area contributed by atoms with Crippen LogP contribution in [0, 0.1) is 5.92 Å². The Bertz CT molecular complexity index is 525. The maximum absolute atomic E-state index is 5.69. The fourth-order valence-electron chi connectivity index (χ4n) is 1.91. The predicted molar refractivity (Wildman–Crippen MR) is 84.1 cm³/mol. The summed E-state index contributed by atoms with van der Waals surface area (Å²) < 4.78 is 5.69. The summed E-state index contributed by atoms with van der Waals surface area (Å²) >= 11 is 0. The molecule has 0 saturated heterocycles. The number of ether oxygens (including phenoxy) is 1. The van der Waals surface area contributed by atoms with Crippen LogP contribution in [0.3, 0.4) is 0 Å². The van der Waals surface area contributed by atoms with E-state index < -0.39 is 0 Å². The van der Waals surface area contributed by atoms with E-state index in [0.29, 0.717) is 5.92 Å². The molecule has 1 aromatic carbocycles. The van der Waals surface area contributed by atoms with Crippen LogP contribution < -0.4 is 10.1 Å². The molecule has 0 spiro atoms. The number of hydrogen-bond acceptors (Lipinski definition) is 4. The van der Waals surface area contributed by atoms with E-state index in [9.17, 15) is 0 Å². The Morgan fingerprint density at radius 1 is 1.10 bits per heavy atom. The molecule has 1 unspecified atom stereocenters. The third kappa shape index (κ3) is 5.16. The highest BCUT2D eigenvalue weighted by atomic mass is 16.5. The fraction of sp³-hybridized carbons (Fsp3) is 0.412. The Labute approximate surface area is 126 Å². The molecule has 4 heteroatoms. The summed E-state index contributed by atoms with van der Waals surface area (Å²) in [6, 6.07) is 10.4. The SMILES string of the molecule is CC(C)COc1ccc(C(C)NCc2ccncn2)cc1. The van der Waals surface area contributed by atoms with E-state index in [1.165, 1.54) is 5.56 Å². The maximum atomic E-state index is 5.69.